The van der Waals surface area contributed by atoms with Gasteiger partial charge in [0.05, 0.1) is 28.5 Å². The van der Waals surface area contributed by atoms with Crippen LogP contribution in [-0.4, -0.2) is 39.2 Å². The molecule has 1 aromatic rings. The van der Waals surface area contributed by atoms with Crippen LogP contribution in [0.3, 0.4) is 0 Å². The summed E-state index contributed by atoms with van der Waals surface area (Å²) in [6, 6.07) is 3.24. The second-order valence-corrected chi connectivity index (χ2v) is 6.77. The predicted octanol–water partition coefficient (Wildman–Crippen LogP) is 1.05. The van der Waals surface area contributed by atoms with Crippen molar-refractivity contribution in [3.8, 4) is 5.75 Å². The van der Waals surface area contributed by atoms with Gasteiger partial charge in [-0.2, -0.15) is 0 Å². The Hall–Kier alpha value is -3.23. The number of fused-ring (bicyclic) bond motifs is 5. The summed E-state index contributed by atoms with van der Waals surface area (Å²) in [7, 11) is 0. The van der Waals surface area contributed by atoms with Crippen LogP contribution in [0.25, 0.3) is 0 Å². The van der Waals surface area contributed by atoms with E-state index in [1.807, 2.05) is 12.2 Å². The minimum Gasteiger partial charge on any atom is -0.506 e. The molecule has 0 unspecified atom stereocenters. The summed E-state index contributed by atoms with van der Waals surface area (Å²) in [6.07, 6.45) is 4.74. The Morgan fingerprint density at radius 2 is 1.85 bits per heavy atom. The molecule has 3 amide bonds. The molecule has 1 saturated carbocycles. The summed E-state index contributed by atoms with van der Waals surface area (Å²) in [6.45, 7) is -0.444. The lowest BCUT2D eigenvalue weighted by Crippen LogP contribution is -2.39. The van der Waals surface area contributed by atoms with E-state index in [0.717, 1.165) is 23.5 Å². The van der Waals surface area contributed by atoms with E-state index in [2.05, 4.69) is 5.32 Å². The topological polar surface area (TPSA) is 130 Å². The Morgan fingerprint density at radius 1 is 1.23 bits per heavy atom. The van der Waals surface area contributed by atoms with Crippen LogP contribution >= 0.6 is 0 Å². The number of nitro groups is 1. The Kier molecular flexibility index (Phi) is 3.53. The van der Waals surface area contributed by atoms with Gasteiger partial charge in [0.1, 0.15) is 12.3 Å². The van der Waals surface area contributed by atoms with Gasteiger partial charge in [-0.3, -0.25) is 29.4 Å². The van der Waals surface area contributed by atoms with E-state index in [1.165, 1.54) is 6.07 Å². The van der Waals surface area contributed by atoms with Crippen LogP contribution in [0.1, 0.15) is 6.42 Å². The number of amides is 3. The highest BCUT2D eigenvalue weighted by atomic mass is 16.6. The molecular formula is C17H15N3O6. The maximum absolute atomic E-state index is 12.5. The number of nitrogens with one attached hydrogen (secondary N) is 1. The van der Waals surface area contributed by atoms with Gasteiger partial charge >= 0.3 is 0 Å². The smallest absolute Gasteiger partial charge is 0.273 e. The number of nitro benzene ring substituents is 1. The molecule has 2 N–H and O–H groups in total. The molecule has 1 aliphatic heterocycles. The molecule has 3 aliphatic rings. The molecule has 0 radical (unpaired) electrons. The van der Waals surface area contributed by atoms with Gasteiger partial charge in [-0.15, -0.1) is 0 Å². The van der Waals surface area contributed by atoms with Crippen molar-refractivity contribution < 1.29 is 24.4 Å². The molecule has 0 aromatic heterocycles. The third-order valence-electron chi connectivity index (χ3n) is 5.33. The van der Waals surface area contributed by atoms with Gasteiger partial charge in [0.25, 0.3) is 5.69 Å². The zero-order valence-corrected chi connectivity index (χ0v) is 13.5. The molecule has 4 rings (SSSR count). The van der Waals surface area contributed by atoms with Gasteiger partial charge < -0.3 is 10.4 Å². The van der Waals surface area contributed by atoms with Crippen LogP contribution in [0, 0.1) is 33.8 Å². The standard InChI is InChI=1S/C17H15N3O6/c21-12-6-10(20(25)26)3-4-11(12)18-13(22)7-19-16(23)14-8-1-2-9(5-8)15(14)17(19)24/h1-4,6,8-9,14-15,21H,5,7H2,(H,18,22)/t8-,9+,14-,15+. The van der Waals surface area contributed by atoms with E-state index in [1.54, 1.807) is 0 Å². The minimum atomic E-state index is -0.673. The van der Waals surface area contributed by atoms with Crippen molar-refractivity contribution in [3.63, 3.8) is 0 Å². The number of imide groups is 1. The summed E-state index contributed by atoms with van der Waals surface area (Å²) in [5, 5.41) is 22.8. The number of likely N-dealkylation sites (tertiary alicyclic amines) is 1. The molecule has 26 heavy (non-hydrogen) atoms. The van der Waals surface area contributed by atoms with Crippen LogP contribution in [0.4, 0.5) is 11.4 Å². The second kappa shape index (κ2) is 5.65. The average Bonchev–Trinajstić information content (AvgIpc) is 3.26. The number of phenolic OH excluding ortho intramolecular Hbond substituents is 1. The van der Waals surface area contributed by atoms with Crippen molar-refractivity contribution in [1.82, 2.24) is 4.90 Å². The number of hydrogen-bond acceptors (Lipinski definition) is 6. The fourth-order valence-electron chi connectivity index (χ4n) is 4.19. The van der Waals surface area contributed by atoms with Gasteiger partial charge in [0, 0.05) is 6.07 Å². The molecule has 4 atom stereocenters. The number of carbonyl (C=O) groups is 3. The van der Waals surface area contributed by atoms with Crippen molar-refractivity contribution in [2.24, 2.45) is 23.7 Å². The maximum Gasteiger partial charge on any atom is 0.273 e. The molecule has 0 spiro atoms. The van der Waals surface area contributed by atoms with Crippen molar-refractivity contribution in [3.05, 3.63) is 40.5 Å². The van der Waals surface area contributed by atoms with Gasteiger partial charge in [-0.05, 0) is 24.3 Å². The number of phenols is 1. The van der Waals surface area contributed by atoms with Gasteiger partial charge in [0.2, 0.25) is 17.7 Å². The molecule has 1 aromatic carbocycles. The quantitative estimate of drug-likeness (QED) is 0.272. The van der Waals surface area contributed by atoms with Crippen molar-refractivity contribution >= 4 is 29.1 Å². The molecule has 2 bridgehead atoms. The lowest BCUT2D eigenvalue weighted by atomic mass is 9.85. The monoisotopic (exact) mass is 357 g/mol. The van der Waals surface area contributed by atoms with Crippen molar-refractivity contribution in [2.75, 3.05) is 11.9 Å². The zero-order chi connectivity index (χ0) is 18.6. The van der Waals surface area contributed by atoms with E-state index in [0.29, 0.717) is 0 Å². The lowest BCUT2D eigenvalue weighted by Gasteiger charge is -2.17. The fourth-order valence-corrected chi connectivity index (χ4v) is 4.19. The van der Waals surface area contributed by atoms with Crippen LogP contribution < -0.4 is 5.32 Å². The number of aromatic hydroxyl groups is 1. The third kappa shape index (κ3) is 2.35. The molecule has 9 heteroatoms. The molecule has 134 valence electrons. The molecule has 1 heterocycles. The van der Waals surface area contributed by atoms with Crippen LogP contribution in [0.2, 0.25) is 0 Å². The van der Waals surface area contributed by atoms with Crippen molar-refractivity contribution in [2.45, 2.75) is 6.42 Å². The van der Waals surface area contributed by atoms with E-state index >= 15 is 0 Å². The molecule has 2 aliphatic carbocycles. The van der Waals surface area contributed by atoms with E-state index in [4.69, 9.17) is 0 Å². The summed E-state index contributed by atoms with van der Waals surface area (Å²) in [5.74, 6) is -2.42. The summed E-state index contributed by atoms with van der Waals surface area (Å²) in [5.41, 5.74) is -0.345. The third-order valence-corrected chi connectivity index (χ3v) is 5.33. The number of anilines is 1. The first-order chi connectivity index (χ1) is 12.4. The number of carbonyl (C=O) groups excluding carboxylic acids is 3. The van der Waals surface area contributed by atoms with Gasteiger partial charge in [0.15, 0.2) is 0 Å². The maximum atomic E-state index is 12.5. The second-order valence-electron chi connectivity index (χ2n) is 6.77. The molecular weight excluding hydrogens is 342 g/mol. The molecule has 9 nitrogen and oxygen atoms in total. The van der Waals surface area contributed by atoms with Crippen LogP contribution in [0.5, 0.6) is 5.75 Å². The van der Waals surface area contributed by atoms with E-state index < -0.39 is 23.1 Å². The largest absolute Gasteiger partial charge is 0.506 e. The number of rotatable bonds is 4. The van der Waals surface area contributed by atoms with Gasteiger partial charge in [-0.1, -0.05) is 12.2 Å². The predicted molar refractivity (Wildman–Crippen MR) is 87.8 cm³/mol. The Bertz CT molecular complexity index is 849. The fraction of sp³-hybridized carbons (Fsp3) is 0.353. The summed E-state index contributed by atoms with van der Waals surface area (Å²) < 4.78 is 0. The number of hydrogen-bond donors (Lipinski definition) is 2. The van der Waals surface area contributed by atoms with Gasteiger partial charge in [-0.25, -0.2) is 0 Å². The van der Waals surface area contributed by atoms with E-state index in [9.17, 15) is 29.6 Å². The highest BCUT2D eigenvalue weighted by Crippen LogP contribution is 2.52. The lowest BCUT2D eigenvalue weighted by molar-refractivity contribution is -0.384. The number of benzene rings is 1. The number of nitrogens with zero attached hydrogens (tertiary/aromatic N) is 2. The Labute approximate surface area is 147 Å². The van der Waals surface area contributed by atoms with Crippen molar-refractivity contribution in [1.29, 1.82) is 0 Å². The van der Waals surface area contributed by atoms with Crippen LogP contribution in [-0.2, 0) is 14.4 Å². The highest BCUT2D eigenvalue weighted by Gasteiger charge is 2.59. The number of non-ortho nitro benzene ring substituents is 1. The average molecular weight is 357 g/mol. The number of allylic oxidation sites excluding steroid dienone is 2. The Morgan fingerprint density at radius 3 is 2.38 bits per heavy atom. The zero-order valence-electron chi connectivity index (χ0n) is 13.5. The minimum absolute atomic E-state index is 0.0263. The first kappa shape index (κ1) is 16.2. The van der Waals surface area contributed by atoms with E-state index in [-0.39, 0.29) is 46.9 Å². The highest BCUT2D eigenvalue weighted by molar-refractivity contribution is 6.09. The first-order valence-electron chi connectivity index (χ1n) is 8.17. The SMILES string of the molecule is O=C(CN1C(=O)[C@@H]2[C@H](C1=O)[C@@H]1C=C[C@H]2C1)Nc1ccc([N+](=O)[O-])cc1O. The Balaban J connectivity index is 1.45. The first-order valence-corrected chi connectivity index (χ1v) is 8.17. The summed E-state index contributed by atoms with van der Waals surface area (Å²) in [4.78, 5) is 48.2. The van der Waals surface area contributed by atoms with Crippen LogP contribution in [0.15, 0.2) is 30.4 Å². The molecule has 1 saturated heterocycles. The normalized spacial score (nSPS) is 28.5. The summed E-state index contributed by atoms with van der Waals surface area (Å²) >= 11 is 0. The molecule has 2 fully saturated rings.